The summed E-state index contributed by atoms with van der Waals surface area (Å²) in [7, 11) is 0. The number of nitrogens with zero attached hydrogens (tertiary/aromatic N) is 5. The molecule has 2 aromatic rings. The molecule has 2 heterocycles. The second-order valence-corrected chi connectivity index (χ2v) is 3.15. The summed E-state index contributed by atoms with van der Waals surface area (Å²) in [6, 6.07) is 3.33. The minimum Gasteiger partial charge on any atom is -0.288 e. The largest absolute Gasteiger partial charge is 0.288 e. The maximum absolute atomic E-state index is 11.7. The highest BCUT2D eigenvalue weighted by Gasteiger charge is 2.09. The predicted octanol–water partition coefficient (Wildman–Crippen LogP) is 0.506. The van der Waals surface area contributed by atoms with Gasteiger partial charge in [-0.2, -0.15) is 4.80 Å². The molecule has 17 heavy (non-hydrogen) atoms. The first kappa shape index (κ1) is 10.9. The molecule has 1 N–H and O–H groups in total. The van der Waals surface area contributed by atoms with Crippen LogP contribution in [0, 0.1) is 0 Å². The van der Waals surface area contributed by atoms with Crippen molar-refractivity contribution < 1.29 is 4.79 Å². The highest BCUT2D eigenvalue weighted by molar-refractivity contribution is 6.02. The summed E-state index contributed by atoms with van der Waals surface area (Å²) in [5.74, 6) is -0.169. The monoisotopic (exact) mass is 230 g/mol. The minimum absolute atomic E-state index is 0.153. The number of nitrogens with one attached hydrogen (secondary N) is 1. The normalized spacial score (nSPS) is 9.88. The summed E-state index contributed by atoms with van der Waals surface area (Å²) >= 11 is 0. The van der Waals surface area contributed by atoms with Crippen LogP contribution in [0.1, 0.15) is 10.4 Å². The van der Waals surface area contributed by atoms with Gasteiger partial charge < -0.3 is 0 Å². The van der Waals surface area contributed by atoms with Crippen LogP contribution in [0.2, 0.25) is 0 Å². The Hall–Kier alpha value is -2.57. The summed E-state index contributed by atoms with van der Waals surface area (Å²) in [6.45, 7) is 3.99. The lowest BCUT2D eigenvalue weighted by atomic mass is 10.3. The Labute approximate surface area is 97.2 Å². The molecule has 0 saturated heterocycles. The van der Waals surface area contributed by atoms with Gasteiger partial charge in [0.2, 0.25) is 0 Å². The van der Waals surface area contributed by atoms with Crippen LogP contribution in [0.3, 0.4) is 0 Å². The van der Waals surface area contributed by atoms with Crippen LogP contribution in [0.25, 0.3) is 0 Å². The van der Waals surface area contributed by atoms with Crippen LogP contribution >= 0.6 is 0 Å². The molecule has 0 bridgehead atoms. The smallest absolute Gasteiger partial charge is 0.270 e. The van der Waals surface area contributed by atoms with E-state index >= 15 is 0 Å². The number of allylic oxidation sites excluding steroid dienone is 1. The number of aromatic nitrogens is 5. The molecule has 0 spiro atoms. The van der Waals surface area contributed by atoms with Gasteiger partial charge in [0.1, 0.15) is 0 Å². The van der Waals surface area contributed by atoms with E-state index in [1.54, 1.807) is 24.4 Å². The van der Waals surface area contributed by atoms with E-state index in [0.29, 0.717) is 12.1 Å². The van der Waals surface area contributed by atoms with Crippen molar-refractivity contribution in [1.29, 1.82) is 0 Å². The highest BCUT2D eigenvalue weighted by Crippen LogP contribution is 2.01. The third-order valence-corrected chi connectivity index (χ3v) is 1.89. The van der Waals surface area contributed by atoms with Crippen molar-refractivity contribution >= 4 is 11.9 Å². The van der Waals surface area contributed by atoms with Gasteiger partial charge in [-0.1, -0.05) is 11.2 Å². The van der Waals surface area contributed by atoms with Gasteiger partial charge in [0, 0.05) is 12.4 Å². The maximum Gasteiger partial charge on any atom is 0.270 e. The molecule has 2 rings (SSSR count). The molecule has 0 aliphatic rings. The Bertz CT molecular complexity index is 521. The van der Waals surface area contributed by atoms with Crippen molar-refractivity contribution in [2.75, 3.05) is 5.32 Å². The number of hydrogen-bond donors (Lipinski definition) is 1. The van der Waals surface area contributed by atoms with Crippen LogP contribution in [-0.2, 0) is 6.54 Å². The number of amides is 1. The van der Waals surface area contributed by atoms with E-state index in [-0.39, 0.29) is 11.9 Å². The molecule has 0 aliphatic heterocycles. The number of tetrazole rings is 1. The molecule has 0 radical (unpaired) electrons. The van der Waals surface area contributed by atoms with Crippen molar-refractivity contribution in [3.05, 3.63) is 42.7 Å². The number of pyridine rings is 1. The van der Waals surface area contributed by atoms with E-state index in [1.807, 2.05) is 0 Å². The van der Waals surface area contributed by atoms with Crippen LogP contribution < -0.4 is 5.32 Å². The molecule has 7 nitrogen and oxygen atoms in total. The molecule has 2 aromatic heterocycles. The summed E-state index contributed by atoms with van der Waals surface area (Å²) in [5.41, 5.74) is 0.438. The van der Waals surface area contributed by atoms with Gasteiger partial charge in [-0.15, -0.1) is 11.7 Å². The van der Waals surface area contributed by atoms with Crippen molar-refractivity contribution in [3.63, 3.8) is 0 Å². The average molecular weight is 230 g/mol. The van der Waals surface area contributed by atoms with Crippen molar-refractivity contribution in [3.8, 4) is 0 Å². The lowest BCUT2D eigenvalue weighted by molar-refractivity contribution is 0.102. The summed E-state index contributed by atoms with van der Waals surface area (Å²) in [4.78, 5) is 16.9. The fourth-order valence-electron chi connectivity index (χ4n) is 1.16. The molecule has 0 unspecified atom stereocenters. The molecule has 1 amide bonds. The molecule has 86 valence electrons. The van der Waals surface area contributed by atoms with Gasteiger partial charge in [-0.3, -0.25) is 15.1 Å². The zero-order chi connectivity index (χ0) is 12.1. The molecule has 0 aromatic carbocycles. The summed E-state index contributed by atoms with van der Waals surface area (Å²) in [6.07, 6.45) is 4.69. The number of carbonyl (C=O) groups excluding carboxylic acids is 1. The predicted molar refractivity (Wildman–Crippen MR) is 60.2 cm³/mol. The van der Waals surface area contributed by atoms with Gasteiger partial charge in [-0.05, 0) is 17.3 Å². The Morgan fingerprint density at radius 2 is 2.47 bits per heavy atom. The molecule has 0 aliphatic carbocycles. The molecular weight excluding hydrogens is 220 g/mol. The van der Waals surface area contributed by atoms with E-state index in [1.165, 1.54) is 11.0 Å². The van der Waals surface area contributed by atoms with E-state index in [4.69, 9.17) is 0 Å². The molecular formula is C10H10N6O. The van der Waals surface area contributed by atoms with E-state index in [2.05, 4.69) is 32.3 Å². The van der Waals surface area contributed by atoms with Crippen LogP contribution in [0.15, 0.2) is 37.2 Å². The van der Waals surface area contributed by atoms with E-state index in [9.17, 15) is 4.79 Å². The van der Waals surface area contributed by atoms with Gasteiger partial charge in [0.05, 0.1) is 12.1 Å². The van der Waals surface area contributed by atoms with Crippen molar-refractivity contribution in [2.24, 2.45) is 0 Å². The highest BCUT2D eigenvalue weighted by atomic mass is 16.1. The quantitative estimate of drug-likeness (QED) is 0.773. The standard InChI is InChI=1S/C10H10N6O/c1-2-6-16-14-10(13-15-16)12-9(17)8-4-3-5-11-7-8/h2-5,7H,1,6H2,(H,12,14,17). The summed E-state index contributed by atoms with van der Waals surface area (Å²) < 4.78 is 0. The number of rotatable bonds is 4. The van der Waals surface area contributed by atoms with E-state index in [0.717, 1.165) is 0 Å². The number of hydrogen-bond acceptors (Lipinski definition) is 5. The SMILES string of the molecule is C=CCn1nnc(NC(=O)c2cccnc2)n1. The van der Waals surface area contributed by atoms with Crippen LogP contribution in [0.4, 0.5) is 5.95 Å². The fraction of sp³-hybridized carbons (Fsp3) is 0.100. The van der Waals surface area contributed by atoms with Gasteiger partial charge >= 0.3 is 0 Å². The maximum atomic E-state index is 11.7. The second kappa shape index (κ2) is 4.97. The minimum atomic E-state index is -0.323. The Morgan fingerprint density at radius 3 is 3.18 bits per heavy atom. The molecule has 0 atom stereocenters. The van der Waals surface area contributed by atoms with Gasteiger partial charge in [0.25, 0.3) is 11.9 Å². The Morgan fingerprint density at radius 1 is 1.59 bits per heavy atom. The molecule has 7 heteroatoms. The third kappa shape index (κ3) is 2.71. The van der Waals surface area contributed by atoms with E-state index < -0.39 is 0 Å². The fourth-order valence-corrected chi connectivity index (χ4v) is 1.16. The lowest BCUT2D eigenvalue weighted by Gasteiger charge is -1.98. The Balaban J connectivity index is 2.05. The summed E-state index contributed by atoms with van der Waals surface area (Å²) in [5, 5.41) is 13.9. The number of anilines is 1. The first-order valence-electron chi connectivity index (χ1n) is 4.89. The van der Waals surface area contributed by atoms with Crippen LogP contribution in [-0.4, -0.2) is 31.1 Å². The van der Waals surface area contributed by atoms with Gasteiger partial charge in [-0.25, -0.2) is 0 Å². The van der Waals surface area contributed by atoms with Gasteiger partial charge in [0.15, 0.2) is 0 Å². The zero-order valence-corrected chi connectivity index (χ0v) is 8.95. The number of carbonyl (C=O) groups is 1. The molecule has 0 fully saturated rings. The first-order valence-corrected chi connectivity index (χ1v) is 4.89. The van der Waals surface area contributed by atoms with Crippen molar-refractivity contribution in [2.45, 2.75) is 6.54 Å². The zero-order valence-electron chi connectivity index (χ0n) is 8.95. The topological polar surface area (TPSA) is 85.6 Å². The Kier molecular flexibility index (Phi) is 3.20. The second-order valence-electron chi connectivity index (χ2n) is 3.15. The van der Waals surface area contributed by atoms with Crippen molar-refractivity contribution in [1.82, 2.24) is 25.2 Å². The first-order chi connectivity index (χ1) is 8.29. The van der Waals surface area contributed by atoms with Crippen LogP contribution in [0.5, 0.6) is 0 Å². The third-order valence-electron chi connectivity index (χ3n) is 1.89. The molecule has 0 saturated carbocycles. The lowest BCUT2D eigenvalue weighted by Crippen LogP contribution is -2.13. The average Bonchev–Trinajstić information content (AvgIpc) is 2.78.